The second-order valence-electron chi connectivity index (χ2n) is 13.6. The van der Waals surface area contributed by atoms with Crippen LogP contribution in [-0.2, 0) is 5.41 Å². The molecule has 262 valence electrons. The number of aliphatic hydroxyl groups is 1. The van der Waals surface area contributed by atoms with E-state index in [1.54, 1.807) is 4.90 Å². The summed E-state index contributed by atoms with van der Waals surface area (Å²) < 4.78 is 6.38. The minimum absolute atomic E-state index is 0.0488. The van der Waals surface area contributed by atoms with Gasteiger partial charge in [0.05, 0.1) is 0 Å². The summed E-state index contributed by atoms with van der Waals surface area (Å²) in [5.41, 5.74) is 11.2. The molecule has 9 rings (SSSR count). The van der Waals surface area contributed by atoms with E-state index in [9.17, 15) is 20.4 Å². The second kappa shape index (κ2) is 12.8. The van der Waals surface area contributed by atoms with Gasteiger partial charge in [0.2, 0.25) is 5.75 Å². The van der Waals surface area contributed by atoms with Crippen LogP contribution in [0.2, 0.25) is 0 Å². The van der Waals surface area contributed by atoms with Gasteiger partial charge in [-0.15, -0.1) is 0 Å². The first-order chi connectivity index (χ1) is 25.7. The van der Waals surface area contributed by atoms with E-state index in [-0.39, 0.29) is 11.4 Å². The van der Waals surface area contributed by atoms with Gasteiger partial charge in [0.25, 0.3) is 0 Å². The summed E-state index contributed by atoms with van der Waals surface area (Å²) in [7, 11) is 1.00. The van der Waals surface area contributed by atoms with Gasteiger partial charge in [0.15, 0.2) is 11.5 Å². The molecule has 0 aliphatic heterocycles. The Hall–Kier alpha value is -6.70. The molecular weight excluding hydrogens is 663 g/mol. The summed E-state index contributed by atoms with van der Waals surface area (Å²) in [5.74, 6) is -2.35. The molecule has 0 amide bonds. The molecule has 0 bridgehead atoms. The van der Waals surface area contributed by atoms with E-state index < -0.39 is 22.7 Å². The van der Waals surface area contributed by atoms with Crippen molar-refractivity contribution in [2.45, 2.75) is 19.3 Å². The quantitative estimate of drug-likeness (QED) is 0.0896. The Morgan fingerprint density at radius 1 is 0.491 bits per heavy atom. The minimum Gasteiger partial charge on any atom is -0.505 e. The Morgan fingerprint density at radius 2 is 1.09 bits per heavy atom. The Labute approximate surface area is 306 Å². The molecule has 1 aliphatic rings. The molecule has 0 atom stereocenters. The van der Waals surface area contributed by atoms with Crippen molar-refractivity contribution in [1.29, 1.82) is 0 Å². The largest absolute Gasteiger partial charge is 0.505 e. The number of anilines is 3. The molecule has 5 N–H and O–H groups in total. The minimum atomic E-state index is -0.713. The zero-order chi connectivity index (χ0) is 37.0. The van der Waals surface area contributed by atoms with Crippen molar-refractivity contribution < 1.29 is 29.9 Å². The Kier molecular flexibility index (Phi) is 8.08. The van der Waals surface area contributed by atoms with E-state index in [1.807, 2.05) is 78.9 Å². The van der Waals surface area contributed by atoms with Crippen molar-refractivity contribution in [3.8, 4) is 56.4 Å². The average Bonchev–Trinajstić information content (AvgIpc) is 3.68. The van der Waals surface area contributed by atoms with Crippen LogP contribution in [0.3, 0.4) is 0 Å². The maximum absolute atomic E-state index is 11.2. The smallest absolute Gasteiger partial charge is 0.202 e. The summed E-state index contributed by atoms with van der Waals surface area (Å²) >= 11 is 0. The van der Waals surface area contributed by atoms with Crippen LogP contribution in [0.4, 0.5) is 17.1 Å². The van der Waals surface area contributed by atoms with Gasteiger partial charge in [-0.1, -0.05) is 111 Å². The number of fused-ring (bicyclic) bond motifs is 6. The van der Waals surface area contributed by atoms with Gasteiger partial charge in [0, 0.05) is 46.3 Å². The monoisotopic (exact) mass is 699 g/mol. The lowest BCUT2D eigenvalue weighted by Gasteiger charge is -2.29. The molecule has 7 nitrogen and oxygen atoms in total. The van der Waals surface area contributed by atoms with Crippen LogP contribution in [-0.4, -0.2) is 32.6 Å². The first kappa shape index (κ1) is 33.4. The number of furan rings is 1. The van der Waals surface area contributed by atoms with E-state index in [0.717, 1.165) is 74.1 Å². The third-order valence-corrected chi connectivity index (χ3v) is 10.3. The summed E-state index contributed by atoms with van der Waals surface area (Å²) in [6.07, 6.45) is 0. The number of aromatic hydroxyl groups is 4. The Balaban J connectivity index is 0.00000197. The van der Waals surface area contributed by atoms with Crippen LogP contribution in [0.5, 0.6) is 23.0 Å². The van der Waals surface area contributed by atoms with Crippen molar-refractivity contribution in [2.75, 3.05) is 12.0 Å². The van der Waals surface area contributed by atoms with Crippen LogP contribution >= 0.6 is 0 Å². The molecule has 1 aliphatic carbocycles. The maximum Gasteiger partial charge on any atom is 0.202 e. The SMILES string of the molecule is CC1(C)c2cc(-c3cccc4c3oc3ccccc34)ccc2-c2ccc(N(c3ccc(-c4ccccc4)cc3)c3c(O)cc(O)c(O)c3O)cc21.CO. The van der Waals surface area contributed by atoms with Gasteiger partial charge >= 0.3 is 0 Å². The van der Waals surface area contributed by atoms with E-state index >= 15 is 0 Å². The normalized spacial score (nSPS) is 12.6. The standard InChI is InChI=1S/C45H33NO5.CH4O/c1-45(2)36-23-28(31-12-8-13-35-34-11-6-7-14-40(34)51-44(31)35)17-21-32(36)33-22-20-30(24-37(33)45)46(41-38(47)25-39(48)42(49)43(41)50)29-18-15-27(16-19-29)26-9-4-3-5-10-26;1-2/h3-25,47-50H,1-2H3;2H,1H3. The van der Waals surface area contributed by atoms with Gasteiger partial charge in [-0.25, -0.2) is 0 Å². The molecule has 1 heterocycles. The van der Waals surface area contributed by atoms with Crippen molar-refractivity contribution >= 4 is 39.0 Å². The molecule has 0 unspecified atom stereocenters. The van der Waals surface area contributed by atoms with E-state index in [0.29, 0.717) is 11.4 Å². The first-order valence-corrected chi connectivity index (χ1v) is 17.3. The van der Waals surface area contributed by atoms with Gasteiger partial charge in [0.1, 0.15) is 22.6 Å². The summed E-state index contributed by atoms with van der Waals surface area (Å²) in [6, 6.07) is 45.9. The highest BCUT2D eigenvalue weighted by molar-refractivity contribution is 6.09. The summed E-state index contributed by atoms with van der Waals surface area (Å²) in [6.45, 7) is 4.40. The number of phenols is 4. The summed E-state index contributed by atoms with van der Waals surface area (Å²) in [5, 5.41) is 52.3. The predicted molar refractivity (Wildman–Crippen MR) is 212 cm³/mol. The van der Waals surface area contributed by atoms with Crippen molar-refractivity contribution in [3.05, 3.63) is 151 Å². The van der Waals surface area contributed by atoms with Crippen molar-refractivity contribution in [2.24, 2.45) is 0 Å². The number of aliphatic hydroxyl groups excluding tert-OH is 1. The highest BCUT2D eigenvalue weighted by atomic mass is 16.3. The lowest BCUT2D eigenvalue weighted by molar-refractivity contribution is 0.362. The van der Waals surface area contributed by atoms with E-state index in [1.165, 1.54) is 5.56 Å². The number of rotatable bonds is 5. The highest BCUT2D eigenvalue weighted by Gasteiger charge is 2.37. The summed E-state index contributed by atoms with van der Waals surface area (Å²) in [4.78, 5) is 1.70. The molecule has 0 saturated heterocycles. The first-order valence-electron chi connectivity index (χ1n) is 17.3. The fourth-order valence-corrected chi connectivity index (χ4v) is 7.69. The zero-order valence-corrected chi connectivity index (χ0v) is 29.4. The fourth-order valence-electron chi connectivity index (χ4n) is 7.69. The second-order valence-corrected chi connectivity index (χ2v) is 13.6. The Morgan fingerprint density at radius 3 is 1.85 bits per heavy atom. The molecule has 0 saturated carbocycles. The number of hydrogen-bond donors (Lipinski definition) is 5. The lowest BCUT2D eigenvalue weighted by Crippen LogP contribution is -2.17. The Bertz CT molecular complexity index is 2660. The third kappa shape index (κ3) is 5.32. The third-order valence-electron chi connectivity index (χ3n) is 10.3. The van der Waals surface area contributed by atoms with Gasteiger partial charge in [-0.3, -0.25) is 0 Å². The van der Waals surface area contributed by atoms with Crippen LogP contribution < -0.4 is 4.90 Å². The number of phenolic OH excluding ortho intramolecular Hbond substituents is 4. The van der Waals surface area contributed by atoms with Crippen LogP contribution in [0.1, 0.15) is 25.0 Å². The molecule has 0 fully saturated rings. The molecular formula is C46H37NO6. The number of para-hydroxylation sites is 2. The molecule has 8 aromatic rings. The topological polar surface area (TPSA) is 118 Å². The fraction of sp³-hybridized carbons (Fsp3) is 0.0870. The molecule has 0 spiro atoms. The van der Waals surface area contributed by atoms with E-state index in [4.69, 9.17) is 9.52 Å². The average molecular weight is 700 g/mol. The van der Waals surface area contributed by atoms with Crippen LogP contribution in [0, 0.1) is 0 Å². The van der Waals surface area contributed by atoms with Gasteiger partial charge < -0.3 is 34.8 Å². The number of benzene rings is 7. The molecule has 1 aromatic heterocycles. The van der Waals surface area contributed by atoms with Gasteiger partial charge in [-0.05, 0) is 75.3 Å². The van der Waals surface area contributed by atoms with Crippen molar-refractivity contribution in [1.82, 2.24) is 0 Å². The van der Waals surface area contributed by atoms with Crippen molar-refractivity contribution in [3.63, 3.8) is 0 Å². The number of nitrogens with zero attached hydrogens (tertiary/aromatic N) is 1. The van der Waals surface area contributed by atoms with Crippen LogP contribution in [0.15, 0.2) is 144 Å². The zero-order valence-electron chi connectivity index (χ0n) is 29.4. The van der Waals surface area contributed by atoms with E-state index in [2.05, 4.69) is 68.4 Å². The van der Waals surface area contributed by atoms with Gasteiger partial charge in [-0.2, -0.15) is 0 Å². The highest BCUT2D eigenvalue weighted by Crippen LogP contribution is 2.55. The molecule has 0 radical (unpaired) electrons. The molecule has 53 heavy (non-hydrogen) atoms. The molecule has 7 heteroatoms. The van der Waals surface area contributed by atoms with Crippen LogP contribution in [0.25, 0.3) is 55.3 Å². The maximum atomic E-state index is 11.2. The number of hydrogen-bond acceptors (Lipinski definition) is 7. The molecule has 7 aromatic carbocycles. The predicted octanol–water partition coefficient (Wildman–Crippen LogP) is 11.1. The lowest BCUT2D eigenvalue weighted by atomic mass is 9.81.